The van der Waals surface area contributed by atoms with Crippen molar-refractivity contribution in [1.29, 1.82) is 5.26 Å². The molecule has 1 aliphatic heterocycles. The number of allylic oxidation sites excluding steroid dienone is 3. The summed E-state index contributed by atoms with van der Waals surface area (Å²) in [6, 6.07) is 8.10. The Morgan fingerprint density at radius 1 is 1.25 bits per heavy atom. The molecule has 0 fully saturated rings. The van der Waals surface area contributed by atoms with Crippen LogP contribution in [0, 0.1) is 38.5 Å². The monoisotopic (exact) mass is 456 g/mol. The van der Waals surface area contributed by atoms with Gasteiger partial charge in [0.2, 0.25) is 0 Å². The summed E-state index contributed by atoms with van der Waals surface area (Å²) in [4.78, 5) is 25.5. The normalized spacial score (nSPS) is 20.3. The summed E-state index contributed by atoms with van der Waals surface area (Å²) in [6.07, 6.45) is 0.424. The first-order chi connectivity index (χ1) is 15.1. The van der Waals surface area contributed by atoms with Crippen molar-refractivity contribution in [1.82, 2.24) is 0 Å². The molecule has 0 amide bonds. The van der Waals surface area contributed by atoms with Crippen molar-refractivity contribution in [2.45, 2.75) is 32.6 Å². The van der Waals surface area contributed by atoms with Crippen LogP contribution < -0.4 is 10.6 Å². The van der Waals surface area contributed by atoms with Gasteiger partial charge in [0.15, 0.2) is 5.78 Å². The van der Waals surface area contributed by atoms with E-state index >= 15 is 0 Å². The lowest BCUT2D eigenvalue weighted by Crippen LogP contribution is -2.42. The number of para-hydroxylation sites is 1. The molecular formula is C22H18F2N4O3S. The number of rotatable bonds is 3. The predicted molar refractivity (Wildman–Crippen MR) is 114 cm³/mol. The number of hydrogen-bond acceptors (Lipinski definition) is 7. The van der Waals surface area contributed by atoms with Gasteiger partial charge in [0, 0.05) is 28.6 Å². The maximum atomic E-state index is 14.8. The van der Waals surface area contributed by atoms with Gasteiger partial charge in [-0.15, -0.1) is 0 Å². The molecule has 0 bridgehead atoms. The van der Waals surface area contributed by atoms with Gasteiger partial charge in [0.1, 0.15) is 23.1 Å². The molecule has 0 saturated heterocycles. The molecule has 2 heterocycles. The van der Waals surface area contributed by atoms with E-state index in [1.54, 1.807) is 0 Å². The van der Waals surface area contributed by atoms with Gasteiger partial charge in [-0.1, -0.05) is 31.3 Å². The zero-order valence-corrected chi connectivity index (χ0v) is 18.0. The molecule has 164 valence electrons. The largest absolute Gasteiger partial charge is 0.384 e. The molecule has 0 spiro atoms. The molecule has 1 aromatic carbocycles. The van der Waals surface area contributed by atoms with Gasteiger partial charge in [0.25, 0.3) is 0 Å². The van der Waals surface area contributed by atoms with E-state index in [9.17, 15) is 29.0 Å². The Hall–Kier alpha value is -3.58. The number of nitro groups is 1. The van der Waals surface area contributed by atoms with E-state index in [1.165, 1.54) is 18.2 Å². The minimum atomic E-state index is -0.941. The number of nitrogens with zero attached hydrogens (tertiary/aromatic N) is 3. The second-order valence-corrected chi connectivity index (χ2v) is 9.58. The van der Waals surface area contributed by atoms with Gasteiger partial charge in [-0.05, 0) is 30.0 Å². The van der Waals surface area contributed by atoms with E-state index < -0.39 is 33.6 Å². The summed E-state index contributed by atoms with van der Waals surface area (Å²) in [5, 5.41) is 21.0. The number of halogens is 2. The summed E-state index contributed by atoms with van der Waals surface area (Å²) in [5.74, 6) is -3.22. The number of carbonyl (C=O) groups excluding carboxylic acids is 1. The van der Waals surface area contributed by atoms with Crippen molar-refractivity contribution in [3.63, 3.8) is 0 Å². The van der Waals surface area contributed by atoms with Crippen LogP contribution in [0.15, 0.2) is 53.0 Å². The van der Waals surface area contributed by atoms with Gasteiger partial charge >= 0.3 is 5.00 Å². The lowest BCUT2D eigenvalue weighted by molar-refractivity contribution is -0.380. The van der Waals surface area contributed by atoms with E-state index in [4.69, 9.17) is 5.73 Å². The quantitative estimate of drug-likeness (QED) is 0.520. The Kier molecular flexibility index (Phi) is 5.09. The number of Topliss-reactive ketones (excluding diaryl/α,β-unsaturated/α-hetero) is 1. The Balaban J connectivity index is 2.03. The highest BCUT2D eigenvalue weighted by Crippen LogP contribution is 2.52. The van der Waals surface area contributed by atoms with E-state index in [0.717, 1.165) is 28.4 Å². The molecule has 1 atom stereocenters. The highest BCUT2D eigenvalue weighted by molar-refractivity contribution is 7.15. The van der Waals surface area contributed by atoms with Gasteiger partial charge in [-0.25, -0.2) is 8.78 Å². The SMILES string of the molecule is CC1(C)CC(=O)C2=C(C1)N(c1c(F)cccc1F)C(N)=C(C#N)[C@@H]2c1ccc([N+](=O)[O-])s1. The smallest absolute Gasteiger partial charge is 0.324 e. The number of carbonyl (C=O) groups is 1. The standard InChI is InChI=1S/C22H18F2N4O3S/c1-22(2)8-14-19(15(29)9-22)18(16-6-7-17(32-16)28(30)31)11(10-25)21(26)27(14)20-12(23)4-3-5-13(20)24/h3-7,18H,8-9,26H2,1-2H3/t18-/m1/s1. The van der Waals surface area contributed by atoms with Crippen LogP contribution in [-0.4, -0.2) is 10.7 Å². The highest BCUT2D eigenvalue weighted by atomic mass is 32.1. The first-order valence-corrected chi connectivity index (χ1v) is 10.5. The van der Waals surface area contributed by atoms with Crippen LogP contribution in [0.25, 0.3) is 0 Å². The number of anilines is 1. The van der Waals surface area contributed by atoms with Gasteiger partial charge < -0.3 is 5.73 Å². The van der Waals surface area contributed by atoms with E-state index in [2.05, 4.69) is 0 Å². The molecule has 2 aromatic rings. The Morgan fingerprint density at radius 2 is 1.91 bits per heavy atom. The summed E-state index contributed by atoms with van der Waals surface area (Å²) in [5.41, 5.74) is 5.73. The van der Waals surface area contributed by atoms with Crippen LogP contribution in [-0.2, 0) is 4.79 Å². The Labute approximate surface area is 186 Å². The van der Waals surface area contributed by atoms with Crippen molar-refractivity contribution in [2.75, 3.05) is 4.90 Å². The Morgan fingerprint density at radius 3 is 2.47 bits per heavy atom. The van der Waals surface area contributed by atoms with E-state index in [-0.39, 0.29) is 40.6 Å². The summed E-state index contributed by atoms with van der Waals surface area (Å²) in [7, 11) is 0. The first-order valence-electron chi connectivity index (χ1n) is 9.70. The summed E-state index contributed by atoms with van der Waals surface area (Å²) >= 11 is 0.837. The maximum absolute atomic E-state index is 14.8. The van der Waals surface area contributed by atoms with Crippen molar-refractivity contribution in [3.05, 3.63) is 79.6 Å². The summed E-state index contributed by atoms with van der Waals surface area (Å²) in [6.45, 7) is 3.71. The maximum Gasteiger partial charge on any atom is 0.324 e. The van der Waals surface area contributed by atoms with Crippen molar-refractivity contribution >= 4 is 27.8 Å². The van der Waals surface area contributed by atoms with Crippen LogP contribution in [0.5, 0.6) is 0 Å². The number of nitrogens with two attached hydrogens (primary N) is 1. The third kappa shape index (κ3) is 3.35. The lowest BCUT2D eigenvalue weighted by atomic mass is 9.69. The van der Waals surface area contributed by atoms with Crippen LogP contribution in [0.3, 0.4) is 0 Å². The first kappa shape index (κ1) is 21.6. The number of ketones is 1. The van der Waals surface area contributed by atoms with Crippen LogP contribution in [0.1, 0.15) is 37.5 Å². The van der Waals surface area contributed by atoms with Crippen LogP contribution in [0.2, 0.25) is 0 Å². The molecule has 0 saturated carbocycles. The molecule has 10 heteroatoms. The van der Waals surface area contributed by atoms with Crippen molar-refractivity contribution in [2.24, 2.45) is 11.1 Å². The van der Waals surface area contributed by atoms with Gasteiger partial charge in [-0.2, -0.15) is 5.26 Å². The van der Waals surface area contributed by atoms with Crippen LogP contribution >= 0.6 is 11.3 Å². The molecule has 2 aliphatic rings. The minimum absolute atomic E-state index is 0.0868. The molecule has 7 nitrogen and oxygen atoms in total. The lowest BCUT2D eigenvalue weighted by Gasteiger charge is -2.43. The van der Waals surface area contributed by atoms with Gasteiger partial charge in [-0.3, -0.25) is 19.8 Å². The molecule has 1 aromatic heterocycles. The van der Waals surface area contributed by atoms with E-state index in [0.29, 0.717) is 10.6 Å². The third-order valence-corrected chi connectivity index (χ3v) is 6.72. The van der Waals surface area contributed by atoms with Crippen molar-refractivity contribution in [3.8, 4) is 6.07 Å². The molecule has 2 N–H and O–H groups in total. The second kappa shape index (κ2) is 7.53. The number of thiophene rings is 1. The molecule has 0 radical (unpaired) electrons. The third-order valence-electron chi connectivity index (χ3n) is 5.62. The fourth-order valence-electron chi connectivity index (χ4n) is 4.35. The number of benzene rings is 1. The van der Waals surface area contributed by atoms with E-state index in [1.807, 2.05) is 19.9 Å². The number of hydrogen-bond donors (Lipinski definition) is 1. The van der Waals surface area contributed by atoms with Gasteiger partial charge in [0.05, 0.1) is 22.5 Å². The summed E-state index contributed by atoms with van der Waals surface area (Å²) < 4.78 is 29.6. The molecule has 32 heavy (non-hydrogen) atoms. The zero-order valence-electron chi connectivity index (χ0n) is 17.2. The second-order valence-electron chi connectivity index (χ2n) is 8.48. The minimum Gasteiger partial charge on any atom is -0.384 e. The average molecular weight is 456 g/mol. The van der Waals surface area contributed by atoms with Crippen LogP contribution in [0.4, 0.5) is 19.5 Å². The topological polar surface area (TPSA) is 113 Å². The number of nitriles is 1. The zero-order chi connectivity index (χ0) is 23.4. The molecule has 1 aliphatic carbocycles. The molecular weight excluding hydrogens is 438 g/mol. The fraction of sp³-hybridized carbons (Fsp3) is 0.273. The molecule has 4 rings (SSSR count). The highest BCUT2D eigenvalue weighted by Gasteiger charge is 2.46. The molecule has 0 unspecified atom stereocenters. The van der Waals surface area contributed by atoms with Crippen molar-refractivity contribution < 1.29 is 18.5 Å². The Bertz CT molecular complexity index is 1250. The fourth-order valence-corrected chi connectivity index (χ4v) is 5.29. The predicted octanol–water partition coefficient (Wildman–Crippen LogP) is 4.88. The average Bonchev–Trinajstić information content (AvgIpc) is 3.18.